The van der Waals surface area contributed by atoms with Gasteiger partial charge >= 0.3 is 0 Å². The highest BCUT2D eigenvalue weighted by Gasteiger charge is 2.20. The molecule has 2 N–H and O–H groups in total. The van der Waals surface area contributed by atoms with E-state index in [1.807, 2.05) is 24.4 Å². The summed E-state index contributed by atoms with van der Waals surface area (Å²) in [4.78, 5) is 10.0. The van der Waals surface area contributed by atoms with Crippen LogP contribution in [-0.2, 0) is 6.54 Å². The summed E-state index contributed by atoms with van der Waals surface area (Å²) in [6.07, 6.45) is 8.34. The summed E-state index contributed by atoms with van der Waals surface area (Å²) in [7, 11) is 0. The normalized spacial score (nSPS) is 22.3. The molecule has 3 rings (SSSR count). The van der Waals surface area contributed by atoms with Crippen molar-refractivity contribution in [2.24, 2.45) is 5.92 Å². The van der Waals surface area contributed by atoms with Gasteiger partial charge in [0.25, 0.3) is 0 Å². The highest BCUT2D eigenvalue weighted by Crippen LogP contribution is 2.26. The van der Waals surface area contributed by atoms with Crippen LogP contribution in [0.4, 0.5) is 0 Å². The highest BCUT2D eigenvalue weighted by molar-refractivity contribution is 7.14. The van der Waals surface area contributed by atoms with E-state index >= 15 is 0 Å². The summed E-state index contributed by atoms with van der Waals surface area (Å²) in [5, 5.41) is 13.8. The minimum absolute atomic E-state index is 0.342. The number of thiazole rings is 1. The predicted molar refractivity (Wildman–Crippen MR) is 85.0 cm³/mol. The number of pyridine rings is 1. The molecule has 0 aliphatic heterocycles. The van der Waals surface area contributed by atoms with Crippen molar-refractivity contribution >= 4 is 11.3 Å². The molecule has 0 atom stereocenters. The van der Waals surface area contributed by atoms with Crippen molar-refractivity contribution < 1.29 is 5.11 Å². The molecule has 0 spiro atoms. The van der Waals surface area contributed by atoms with Crippen molar-refractivity contribution in [2.75, 3.05) is 6.61 Å². The number of nitrogens with zero attached hydrogens (tertiary/aromatic N) is 2. The zero-order valence-electron chi connectivity index (χ0n) is 12.0. The molecule has 1 aliphatic carbocycles. The van der Waals surface area contributed by atoms with Crippen molar-refractivity contribution in [1.29, 1.82) is 0 Å². The molecule has 0 unspecified atom stereocenters. The maximum atomic E-state index is 9.16. The molecule has 4 nitrogen and oxygen atoms in total. The molecular weight excluding hydrogens is 282 g/mol. The average molecular weight is 303 g/mol. The van der Waals surface area contributed by atoms with Crippen LogP contribution < -0.4 is 5.32 Å². The van der Waals surface area contributed by atoms with Gasteiger partial charge in [-0.1, -0.05) is 6.07 Å². The first kappa shape index (κ1) is 14.6. The van der Waals surface area contributed by atoms with Gasteiger partial charge in [-0.2, -0.15) is 0 Å². The fourth-order valence-corrected chi connectivity index (χ4v) is 3.63. The van der Waals surface area contributed by atoms with Crippen LogP contribution in [0.25, 0.3) is 10.7 Å². The van der Waals surface area contributed by atoms with Crippen LogP contribution >= 0.6 is 11.3 Å². The van der Waals surface area contributed by atoms with Crippen LogP contribution in [0.5, 0.6) is 0 Å². The van der Waals surface area contributed by atoms with E-state index in [9.17, 15) is 0 Å². The molecule has 1 fully saturated rings. The largest absolute Gasteiger partial charge is 0.396 e. The Kier molecular flexibility index (Phi) is 4.95. The van der Waals surface area contributed by atoms with Crippen molar-refractivity contribution in [2.45, 2.75) is 38.3 Å². The Bertz CT molecular complexity index is 550. The summed E-state index contributed by atoms with van der Waals surface area (Å²) in [6, 6.07) is 6.48. The maximum absolute atomic E-state index is 9.16. The third-order valence-electron chi connectivity index (χ3n) is 4.11. The van der Waals surface area contributed by atoms with E-state index in [1.165, 1.54) is 4.88 Å². The quantitative estimate of drug-likeness (QED) is 0.892. The number of hydrogen-bond acceptors (Lipinski definition) is 5. The predicted octanol–water partition coefficient (Wildman–Crippen LogP) is 2.85. The third kappa shape index (κ3) is 3.87. The molecule has 112 valence electrons. The van der Waals surface area contributed by atoms with Crippen LogP contribution in [0.15, 0.2) is 30.6 Å². The number of nitrogens with one attached hydrogen (secondary N) is 1. The molecule has 0 aromatic carbocycles. The number of aliphatic hydroxyl groups is 1. The van der Waals surface area contributed by atoms with Gasteiger partial charge in [0, 0.05) is 36.5 Å². The van der Waals surface area contributed by atoms with Gasteiger partial charge in [0.2, 0.25) is 0 Å². The number of aliphatic hydroxyl groups excluding tert-OH is 1. The monoisotopic (exact) mass is 303 g/mol. The Labute approximate surface area is 129 Å². The van der Waals surface area contributed by atoms with Gasteiger partial charge in [0.1, 0.15) is 5.01 Å². The lowest BCUT2D eigenvalue weighted by molar-refractivity contribution is 0.175. The molecule has 5 heteroatoms. The van der Waals surface area contributed by atoms with E-state index in [1.54, 1.807) is 17.5 Å². The first-order chi connectivity index (χ1) is 10.3. The van der Waals surface area contributed by atoms with Gasteiger partial charge in [-0.05, 0) is 43.7 Å². The Morgan fingerprint density at radius 1 is 1.19 bits per heavy atom. The lowest BCUT2D eigenvalue weighted by Gasteiger charge is -2.27. The average Bonchev–Trinajstić information content (AvgIpc) is 3.03. The second-order valence-electron chi connectivity index (χ2n) is 5.63. The standard InChI is InChI=1S/C16H21N3OS/c20-11-12-4-6-13(7-5-12)18-9-14-10-19-16(21-14)15-3-1-2-8-17-15/h1-3,8,10,12-13,18,20H,4-7,9,11H2. The van der Waals surface area contributed by atoms with E-state index in [2.05, 4.69) is 15.3 Å². The SMILES string of the molecule is OCC1CCC(NCc2cnc(-c3ccccn3)s2)CC1. The maximum Gasteiger partial charge on any atom is 0.142 e. The molecule has 1 saturated carbocycles. The number of hydrogen-bond donors (Lipinski definition) is 2. The van der Waals surface area contributed by atoms with Gasteiger partial charge in [0.15, 0.2) is 0 Å². The van der Waals surface area contributed by atoms with Crippen LogP contribution in [0.3, 0.4) is 0 Å². The van der Waals surface area contributed by atoms with Gasteiger partial charge in [-0.15, -0.1) is 11.3 Å². The molecule has 1 aliphatic rings. The van der Waals surface area contributed by atoms with Gasteiger partial charge in [-0.25, -0.2) is 4.98 Å². The van der Waals surface area contributed by atoms with Crippen molar-refractivity contribution in [3.05, 3.63) is 35.5 Å². The van der Waals surface area contributed by atoms with Crippen molar-refractivity contribution in [1.82, 2.24) is 15.3 Å². The topological polar surface area (TPSA) is 58.0 Å². The molecule has 21 heavy (non-hydrogen) atoms. The van der Waals surface area contributed by atoms with E-state index in [-0.39, 0.29) is 0 Å². The van der Waals surface area contributed by atoms with Gasteiger partial charge in [-0.3, -0.25) is 4.98 Å². The minimum Gasteiger partial charge on any atom is -0.396 e. The molecule has 0 bridgehead atoms. The lowest BCUT2D eigenvalue weighted by Crippen LogP contribution is -2.33. The molecule has 0 radical (unpaired) electrons. The van der Waals surface area contributed by atoms with Crippen LogP contribution in [0.1, 0.15) is 30.6 Å². The third-order valence-corrected chi connectivity index (χ3v) is 5.13. The second kappa shape index (κ2) is 7.11. The van der Waals surface area contributed by atoms with Crippen LogP contribution in [0.2, 0.25) is 0 Å². The first-order valence-electron chi connectivity index (χ1n) is 7.55. The van der Waals surface area contributed by atoms with Crippen LogP contribution in [0, 0.1) is 5.92 Å². The molecular formula is C16H21N3OS. The Hall–Kier alpha value is -1.30. The number of aromatic nitrogens is 2. The highest BCUT2D eigenvalue weighted by atomic mass is 32.1. The zero-order valence-corrected chi connectivity index (χ0v) is 12.9. The molecule has 2 aromatic rings. The van der Waals surface area contributed by atoms with E-state index in [4.69, 9.17) is 5.11 Å². The van der Waals surface area contributed by atoms with Crippen molar-refractivity contribution in [3.63, 3.8) is 0 Å². The lowest BCUT2D eigenvalue weighted by atomic mass is 9.86. The Balaban J connectivity index is 1.52. The van der Waals surface area contributed by atoms with Crippen molar-refractivity contribution in [3.8, 4) is 10.7 Å². The molecule has 0 amide bonds. The summed E-state index contributed by atoms with van der Waals surface area (Å²) in [6.45, 7) is 1.22. The van der Waals surface area contributed by atoms with Crippen LogP contribution in [-0.4, -0.2) is 27.7 Å². The fourth-order valence-electron chi connectivity index (χ4n) is 2.79. The van der Waals surface area contributed by atoms with E-state index < -0.39 is 0 Å². The smallest absolute Gasteiger partial charge is 0.142 e. The number of rotatable bonds is 5. The fraction of sp³-hybridized carbons (Fsp3) is 0.500. The molecule has 2 heterocycles. The van der Waals surface area contributed by atoms with Gasteiger partial charge < -0.3 is 10.4 Å². The zero-order chi connectivity index (χ0) is 14.5. The molecule has 2 aromatic heterocycles. The molecule has 0 saturated heterocycles. The summed E-state index contributed by atoms with van der Waals surface area (Å²) in [5.74, 6) is 0.516. The van der Waals surface area contributed by atoms with E-state index in [0.29, 0.717) is 18.6 Å². The van der Waals surface area contributed by atoms with E-state index in [0.717, 1.165) is 42.9 Å². The second-order valence-corrected chi connectivity index (χ2v) is 6.74. The first-order valence-corrected chi connectivity index (χ1v) is 8.37. The Morgan fingerprint density at radius 2 is 2.05 bits per heavy atom. The summed E-state index contributed by atoms with van der Waals surface area (Å²) in [5.41, 5.74) is 0.942. The van der Waals surface area contributed by atoms with Gasteiger partial charge in [0.05, 0.1) is 5.69 Å². The minimum atomic E-state index is 0.342. The summed E-state index contributed by atoms with van der Waals surface area (Å²) < 4.78 is 0. The Morgan fingerprint density at radius 3 is 2.76 bits per heavy atom. The summed E-state index contributed by atoms with van der Waals surface area (Å²) >= 11 is 1.70.